The van der Waals surface area contributed by atoms with Crippen molar-refractivity contribution in [3.63, 3.8) is 0 Å². The summed E-state index contributed by atoms with van der Waals surface area (Å²) in [7, 11) is 0. The molecule has 0 atom stereocenters. The van der Waals surface area contributed by atoms with Gasteiger partial charge in [0.05, 0.1) is 6.21 Å². The van der Waals surface area contributed by atoms with E-state index in [2.05, 4.69) is 13.1 Å². The Morgan fingerprint density at radius 2 is 1.33 bits per heavy atom. The molecule has 0 bridgehead atoms. The van der Waals surface area contributed by atoms with Crippen LogP contribution < -0.4 is 0 Å². The molecule has 0 aromatic carbocycles. The van der Waals surface area contributed by atoms with E-state index in [-0.39, 0.29) is 0 Å². The smallest absolute Gasteiger partial charge is 0.0521 e. The average Bonchev–Trinajstić information content (AvgIpc) is 2.10. The second kappa shape index (κ2) is 10.7. The van der Waals surface area contributed by atoms with E-state index in [9.17, 15) is 0 Å². The van der Waals surface area contributed by atoms with Crippen LogP contribution in [0.3, 0.4) is 0 Å². The molecule has 0 heterocycles. The zero-order chi connectivity index (χ0) is 9.07. The lowest BCUT2D eigenvalue weighted by atomic mass is 10.1. The first kappa shape index (κ1) is 11.7. The minimum Gasteiger partial charge on any atom is -0.303 e. The van der Waals surface area contributed by atoms with Gasteiger partial charge in [-0.3, -0.25) is 0 Å². The summed E-state index contributed by atoms with van der Waals surface area (Å²) in [5.74, 6) is 0. The molecule has 1 nitrogen and oxygen atoms in total. The van der Waals surface area contributed by atoms with Crippen LogP contribution in [-0.4, -0.2) is 6.21 Å². The van der Waals surface area contributed by atoms with Crippen LogP contribution in [0.2, 0.25) is 0 Å². The van der Waals surface area contributed by atoms with Crippen molar-refractivity contribution in [1.82, 2.24) is 0 Å². The summed E-state index contributed by atoms with van der Waals surface area (Å²) in [6.07, 6.45) is 14.0. The maximum Gasteiger partial charge on any atom is 0.0521 e. The molecule has 0 unspecified atom stereocenters. The topological polar surface area (TPSA) is 23.9 Å². The van der Waals surface area contributed by atoms with E-state index in [1.807, 2.05) is 0 Å². The Hall–Kier alpha value is -0.330. The van der Waals surface area contributed by atoms with Gasteiger partial charge in [-0.2, -0.15) is 0 Å². The minimum absolute atomic E-state index is 0.856. The molecule has 0 saturated carbocycles. The van der Waals surface area contributed by atoms with Crippen molar-refractivity contribution < 1.29 is 0 Å². The third-order valence-electron chi connectivity index (χ3n) is 2.16. The molecule has 1 radical (unpaired) electrons. The molecule has 1 N–H and O–H groups in total. The van der Waals surface area contributed by atoms with Gasteiger partial charge in [0.25, 0.3) is 0 Å². The highest BCUT2D eigenvalue weighted by atomic mass is 14.3. The number of hydrogen-bond acceptors (Lipinski definition) is 1. The van der Waals surface area contributed by atoms with Crippen LogP contribution in [0.1, 0.15) is 64.7 Å². The van der Waals surface area contributed by atoms with E-state index in [0.717, 1.165) is 12.8 Å². The van der Waals surface area contributed by atoms with E-state index in [1.54, 1.807) is 0 Å². The third kappa shape index (κ3) is 9.67. The Kier molecular flexibility index (Phi) is 10.4. The lowest BCUT2D eigenvalue weighted by Gasteiger charge is -1.98. The van der Waals surface area contributed by atoms with Crippen molar-refractivity contribution in [2.45, 2.75) is 64.7 Å². The lowest BCUT2D eigenvalue weighted by molar-refractivity contribution is 0.580. The van der Waals surface area contributed by atoms with Crippen LogP contribution in [0.4, 0.5) is 0 Å². The summed E-state index contributed by atoms with van der Waals surface area (Å²) < 4.78 is 0. The quantitative estimate of drug-likeness (QED) is 0.397. The number of unbranched alkanes of at least 4 members (excludes halogenated alkanes) is 8. The Bertz CT molecular complexity index is 89.0. The first-order valence-electron chi connectivity index (χ1n) is 5.31. The SMILES string of the molecule is CCCCCCCCCC[C]=N. The summed E-state index contributed by atoms with van der Waals surface area (Å²) in [6.45, 7) is 2.25. The van der Waals surface area contributed by atoms with Gasteiger partial charge in [-0.1, -0.05) is 51.9 Å². The largest absolute Gasteiger partial charge is 0.303 e. The predicted octanol–water partition coefficient (Wildman–Crippen LogP) is 4.04. The molecule has 0 aliphatic heterocycles. The molecule has 0 amide bonds. The summed E-state index contributed by atoms with van der Waals surface area (Å²) in [6, 6.07) is 0. The molecule has 12 heavy (non-hydrogen) atoms. The molecule has 0 saturated heterocycles. The van der Waals surface area contributed by atoms with E-state index < -0.39 is 0 Å². The molecule has 0 aromatic rings. The lowest BCUT2D eigenvalue weighted by Crippen LogP contribution is -1.80. The van der Waals surface area contributed by atoms with E-state index >= 15 is 0 Å². The van der Waals surface area contributed by atoms with Crippen LogP contribution in [0.25, 0.3) is 0 Å². The molecular formula is C11H22N. The Morgan fingerprint density at radius 3 is 1.83 bits per heavy atom. The molecule has 71 valence electrons. The average molecular weight is 168 g/mol. The number of rotatable bonds is 9. The van der Waals surface area contributed by atoms with Gasteiger partial charge < -0.3 is 5.41 Å². The highest BCUT2D eigenvalue weighted by Gasteiger charge is 1.89. The van der Waals surface area contributed by atoms with Gasteiger partial charge in [-0.05, 0) is 12.8 Å². The van der Waals surface area contributed by atoms with Crippen LogP contribution in [0, 0.1) is 5.41 Å². The van der Waals surface area contributed by atoms with Crippen molar-refractivity contribution in [1.29, 1.82) is 5.41 Å². The van der Waals surface area contributed by atoms with Crippen LogP contribution >= 0.6 is 0 Å². The van der Waals surface area contributed by atoms with Crippen molar-refractivity contribution >= 4 is 6.21 Å². The van der Waals surface area contributed by atoms with E-state index in [0.29, 0.717) is 0 Å². The summed E-state index contributed by atoms with van der Waals surface area (Å²) in [5, 5.41) is 6.72. The highest BCUT2D eigenvalue weighted by Crippen LogP contribution is 2.08. The van der Waals surface area contributed by atoms with Crippen LogP contribution in [-0.2, 0) is 0 Å². The first-order chi connectivity index (χ1) is 5.91. The van der Waals surface area contributed by atoms with Crippen LogP contribution in [0.15, 0.2) is 0 Å². The summed E-state index contributed by atoms with van der Waals surface area (Å²) in [4.78, 5) is 0. The Labute approximate surface area is 77.1 Å². The van der Waals surface area contributed by atoms with Crippen molar-refractivity contribution in [3.05, 3.63) is 0 Å². The maximum absolute atomic E-state index is 6.72. The molecule has 0 spiro atoms. The van der Waals surface area contributed by atoms with Gasteiger partial charge >= 0.3 is 0 Å². The molecule has 0 aromatic heterocycles. The van der Waals surface area contributed by atoms with Crippen molar-refractivity contribution in [2.24, 2.45) is 0 Å². The Balaban J connectivity index is 2.77. The molecule has 1 heteroatoms. The summed E-state index contributed by atoms with van der Waals surface area (Å²) in [5.41, 5.74) is 0. The Morgan fingerprint density at radius 1 is 0.833 bits per heavy atom. The molecular weight excluding hydrogens is 146 g/mol. The molecule has 0 fully saturated rings. The normalized spacial score (nSPS) is 10.1. The molecule has 0 aliphatic rings. The third-order valence-corrected chi connectivity index (χ3v) is 2.16. The number of nitrogens with one attached hydrogen (secondary N) is 1. The van der Waals surface area contributed by atoms with Gasteiger partial charge in [0, 0.05) is 0 Å². The zero-order valence-electron chi connectivity index (χ0n) is 8.36. The fourth-order valence-electron chi connectivity index (χ4n) is 1.35. The van der Waals surface area contributed by atoms with Crippen LogP contribution in [0.5, 0.6) is 0 Å². The van der Waals surface area contributed by atoms with E-state index in [1.165, 1.54) is 44.9 Å². The van der Waals surface area contributed by atoms with Gasteiger partial charge in [0.15, 0.2) is 0 Å². The first-order valence-corrected chi connectivity index (χ1v) is 5.31. The minimum atomic E-state index is 0.856. The maximum atomic E-state index is 6.72. The van der Waals surface area contributed by atoms with Crippen molar-refractivity contribution in [3.8, 4) is 0 Å². The fourth-order valence-corrected chi connectivity index (χ4v) is 1.35. The number of hydrogen-bond donors (Lipinski definition) is 1. The van der Waals surface area contributed by atoms with Gasteiger partial charge in [-0.25, -0.2) is 0 Å². The molecule has 0 aliphatic carbocycles. The van der Waals surface area contributed by atoms with Gasteiger partial charge in [0.1, 0.15) is 0 Å². The predicted molar refractivity (Wildman–Crippen MR) is 55.0 cm³/mol. The second-order valence-corrected chi connectivity index (χ2v) is 3.40. The second-order valence-electron chi connectivity index (χ2n) is 3.40. The monoisotopic (exact) mass is 168 g/mol. The standard InChI is InChI=1S/C11H22N/c1-2-3-4-5-6-7-8-9-10-11-12/h12H,2-10H2,1H3. The molecule has 0 rings (SSSR count). The zero-order valence-corrected chi connectivity index (χ0v) is 8.36. The summed E-state index contributed by atoms with van der Waals surface area (Å²) >= 11 is 0. The fraction of sp³-hybridized carbons (Fsp3) is 0.909. The van der Waals surface area contributed by atoms with Gasteiger partial charge in [0.2, 0.25) is 0 Å². The van der Waals surface area contributed by atoms with E-state index in [4.69, 9.17) is 5.41 Å². The van der Waals surface area contributed by atoms with Crippen molar-refractivity contribution in [2.75, 3.05) is 0 Å². The highest BCUT2D eigenvalue weighted by molar-refractivity contribution is 5.52. The van der Waals surface area contributed by atoms with Gasteiger partial charge in [-0.15, -0.1) is 0 Å².